The first kappa shape index (κ1) is 13.5. The molecule has 0 aliphatic heterocycles. The fraction of sp³-hybridized carbons (Fsp3) is 0.0667. The van der Waals surface area contributed by atoms with E-state index in [2.05, 4.69) is 10.1 Å². The highest BCUT2D eigenvalue weighted by Crippen LogP contribution is 2.35. The molecule has 0 amide bonds. The second-order valence-corrected chi connectivity index (χ2v) is 4.93. The highest BCUT2D eigenvalue weighted by atomic mass is 35.5. The number of phenolic OH excluding ortho intramolecular Hbond substituents is 2. The van der Waals surface area contributed by atoms with Crippen molar-refractivity contribution in [2.75, 3.05) is 0 Å². The average molecular weight is 303 g/mol. The number of nitrogens with zero attached hydrogens (tertiary/aromatic N) is 2. The number of halogens is 1. The first-order valence-electron chi connectivity index (χ1n) is 6.22. The van der Waals surface area contributed by atoms with Gasteiger partial charge in [0.1, 0.15) is 17.1 Å². The second-order valence-electron chi connectivity index (χ2n) is 4.49. The van der Waals surface area contributed by atoms with Gasteiger partial charge in [-0.25, -0.2) is 0 Å². The Hall–Kier alpha value is -2.53. The van der Waals surface area contributed by atoms with Crippen LogP contribution in [0, 0.1) is 0 Å². The third-order valence-corrected chi connectivity index (χ3v) is 3.23. The van der Waals surface area contributed by atoms with Crippen molar-refractivity contribution < 1.29 is 14.7 Å². The Morgan fingerprint density at radius 3 is 2.33 bits per heavy atom. The molecule has 0 spiro atoms. The number of aromatic hydroxyl groups is 2. The lowest BCUT2D eigenvalue weighted by molar-refractivity contribution is 0.410. The van der Waals surface area contributed by atoms with E-state index in [0.29, 0.717) is 17.3 Å². The summed E-state index contributed by atoms with van der Waals surface area (Å²) in [6.07, 6.45) is 0.467. The zero-order chi connectivity index (χ0) is 14.8. The molecule has 0 bridgehead atoms. The minimum absolute atomic E-state index is 0.0783. The van der Waals surface area contributed by atoms with Crippen LogP contribution in [-0.2, 0) is 6.42 Å². The van der Waals surface area contributed by atoms with Gasteiger partial charge in [-0.1, -0.05) is 35.0 Å². The van der Waals surface area contributed by atoms with Gasteiger partial charge in [0, 0.05) is 11.4 Å². The summed E-state index contributed by atoms with van der Waals surface area (Å²) in [5.41, 5.74) is 1.11. The Kier molecular flexibility index (Phi) is 3.50. The van der Waals surface area contributed by atoms with Gasteiger partial charge in [-0.3, -0.25) is 0 Å². The fourth-order valence-electron chi connectivity index (χ4n) is 1.96. The molecule has 3 aromatic rings. The van der Waals surface area contributed by atoms with Gasteiger partial charge in [-0.05, 0) is 29.8 Å². The summed E-state index contributed by atoms with van der Waals surface area (Å²) in [5.74, 6) is 0.304. The first-order chi connectivity index (χ1) is 10.1. The van der Waals surface area contributed by atoms with Crippen molar-refractivity contribution >= 4 is 11.6 Å². The Bertz CT molecular complexity index is 749. The van der Waals surface area contributed by atoms with Crippen molar-refractivity contribution in [3.05, 3.63) is 58.9 Å². The van der Waals surface area contributed by atoms with Crippen LogP contribution in [0.4, 0.5) is 0 Å². The van der Waals surface area contributed by atoms with Crippen LogP contribution in [0.15, 0.2) is 47.0 Å². The van der Waals surface area contributed by atoms with E-state index in [-0.39, 0.29) is 23.0 Å². The zero-order valence-electron chi connectivity index (χ0n) is 10.8. The van der Waals surface area contributed by atoms with Gasteiger partial charge >= 0.3 is 0 Å². The summed E-state index contributed by atoms with van der Waals surface area (Å²) in [6, 6.07) is 11.7. The summed E-state index contributed by atoms with van der Waals surface area (Å²) in [6.45, 7) is 0. The topological polar surface area (TPSA) is 79.4 Å². The molecule has 2 N–H and O–H groups in total. The number of hydrogen-bond donors (Lipinski definition) is 2. The van der Waals surface area contributed by atoms with Crippen LogP contribution < -0.4 is 0 Å². The lowest BCUT2D eigenvalue weighted by Crippen LogP contribution is -1.90. The summed E-state index contributed by atoms with van der Waals surface area (Å²) >= 11 is 5.83. The molecule has 106 valence electrons. The lowest BCUT2D eigenvalue weighted by atomic mass is 10.1. The van der Waals surface area contributed by atoms with Crippen LogP contribution in [0.5, 0.6) is 11.5 Å². The maximum Gasteiger partial charge on any atom is 0.265 e. The normalized spacial score (nSPS) is 10.7. The van der Waals surface area contributed by atoms with E-state index in [1.165, 1.54) is 18.2 Å². The van der Waals surface area contributed by atoms with E-state index < -0.39 is 0 Å². The Morgan fingerprint density at radius 1 is 1.00 bits per heavy atom. The molecule has 0 fully saturated rings. The van der Waals surface area contributed by atoms with Crippen LogP contribution in [0.3, 0.4) is 0 Å². The van der Waals surface area contributed by atoms with Crippen LogP contribution in [0.1, 0.15) is 11.4 Å². The third-order valence-electron chi connectivity index (χ3n) is 2.98. The molecule has 5 nitrogen and oxygen atoms in total. The average Bonchev–Trinajstić information content (AvgIpc) is 2.89. The molecular formula is C15H11ClN2O3. The minimum atomic E-state index is -0.114. The number of phenols is 2. The molecule has 6 heteroatoms. The van der Waals surface area contributed by atoms with Gasteiger partial charge in [0.25, 0.3) is 5.89 Å². The van der Waals surface area contributed by atoms with Gasteiger partial charge in [0.15, 0.2) is 5.82 Å². The Labute approximate surface area is 125 Å². The molecule has 0 atom stereocenters. The molecule has 2 aromatic carbocycles. The van der Waals surface area contributed by atoms with Crippen LogP contribution in [-0.4, -0.2) is 20.4 Å². The number of benzene rings is 2. The van der Waals surface area contributed by atoms with Crippen LogP contribution in [0.25, 0.3) is 11.5 Å². The Balaban J connectivity index is 1.88. The molecule has 0 aliphatic rings. The van der Waals surface area contributed by atoms with Gasteiger partial charge in [0.2, 0.25) is 0 Å². The molecule has 0 unspecified atom stereocenters. The van der Waals surface area contributed by atoms with Crippen LogP contribution in [0.2, 0.25) is 5.02 Å². The lowest BCUT2D eigenvalue weighted by Gasteiger charge is -2.01. The Morgan fingerprint density at radius 2 is 1.67 bits per heavy atom. The summed E-state index contributed by atoms with van der Waals surface area (Å²) in [5, 5.41) is 24.1. The van der Waals surface area contributed by atoms with Gasteiger partial charge in [-0.15, -0.1) is 0 Å². The number of rotatable bonds is 3. The molecule has 0 saturated heterocycles. The van der Waals surface area contributed by atoms with Gasteiger partial charge in [-0.2, -0.15) is 4.98 Å². The largest absolute Gasteiger partial charge is 0.507 e. The van der Waals surface area contributed by atoms with Crippen molar-refractivity contribution in [3.8, 4) is 23.0 Å². The summed E-state index contributed by atoms with van der Waals surface area (Å²) < 4.78 is 5.10. The molecule has 1 aromatic heterocycles. The summed E-state index contributed by atoms with van der Waals surface area (Å²) in [7, 11) is 0. The van der Waals surface area contributed by atoms with E-state index in [4.69, 9.17) is 16.1 Å². The highest BCUT2D eigenvalue weighted by molar-refractivity contribution is 6.30. The molecule has 21 heavy (non-hydrogen) atoms. The quantitative estimate of drug-likeness (QED) is 0.775. The first-order valence-corrected chi connectivity index (χ1v) is 6.59. The molecule has 0 saturated carbocycles. The van der Waals surface area contributed by atoms with E-state index >= 15 is 0 Å². The maximum absolute atomic E-state index is 9.77. The predicted molar refractivity (Wildman–Crippen MR) is 77.3 cm³/mol. The second kappa shape index (κ2) is 5.46. The third kappa shape index (κ3) is 2.83. The van der Waals surface area contributed by atoms with Crippen molar-refractivity contribution in [1.29, 1.82) is 0 Å². The maximum atomic E-state index is 9.77. The molecular weight excluding hydrogens is 292 g/mol. The predicted octanol–water partition coefficient (Wildman–Crippen LogP) is 3.39. The molecule has 0 radical (unpaired) electrons. The molecule has 3 rings (SSSR count). The molecule has 0 aliphatic carbocycles. The SMILES string of the molecule is Oc1cccc(O)c1-c1nc(Cc2ccc(Cl)cc2)no1. The van der Waals surface area contributed by atoms with E-state index in [0.717, 1.165) is 5.56 Å². The van der Waals surface area contributed by atoms with E-state index in [9.17, 15) is 10.2 Å². The van der Waals surface area contributed by atoms with Crippen molar-refractivity contribution in [1.82, 2.24) is 10.1 Å². The van der Waals surface area contributed by atoms with Crippen LogP contribution >= 0.6 is 11.6 Å². The van der Waals surface area contributed by atoms with E-state index in [1.54, 1.807) is 12.1 Å². The monoisotopic (exact) mass is 302 g/mol. The van der Waals surface area contributed by atoms with Gasteiger partial charge in [0.05, 0.1) is 0 Å². The standard InChI is InChI=1S/C15H11ClN2O3/c16-10-6-4-9(5-7-10)8-13-17-15(21-18-13)14-11(19)2-1-3-12(14)20/h1-7,19-20H,8H2. The fourth-order valence-corrected chi connectivity index (χ4v) is 2.09. The number of hydrogen-bond acceptors (Lipinski definition) is 5. The van der Waals surface area contributed by atoms with Crippen molar-refractivity contribution in [3.63, 3.8) is 0 Å². The number of aromatic nitrogens is 2. The minimum Gasteiger partial charge on any atom is -0.507 e. The van der Waals surface area contributed by atoms with Gasteiger partial charge < -0.3 is 14.7 Å². The zero-order valence-corrected chi connectivity index (χ0v) is 11.6. The van der Waals surface area contributed by atoms with E-state index in [1.807, 2.05) is 12.1 Å². The van der Waals surface area contributed by atoms with Crippen molar-refractivity contribution in [2.45, 2.75) is 6.42 Å². The smallest absolute Gasteiger partial charge is 0.265 e. The summed E-state index contributed by atoms with van der Waals surface area (Å²) in [4.78, 5) is 4.19. The molecule has 1 heterocycles. The highest BCUT2D eigenvalue weighted by Gasteiger charge is 2.17. The van der Waals surface area contributed by atoms with Crippen molar-refractivity contribution in [2.24, 2.45) is 0 Å².